The van der Waals surface area contributed by atoms with Crippen LogP contribution in [0.3, 0.4) is 0 Å². The van der Waals surface area contributed by atoms with Crippen LogP contribution in [-0.2, 0) is 19.6 Å². The summed E-state index contributed by atoms with van der Waals surface area (Å²) in [5.41, 5.74) is 0.378. The van der Waals surface area contributed by atoms with Gasteiger partial charge in [0.1, 0.15) is 4.90 Å². The van der Waals surface area contributed by atoms with Crippen LogP contribution in [0.2, 0.25) is 0 Å². The van der Waals surface area contributed by atoms with Gasteiger partial charge in [0.25, 0.3) is 0 Å². The topological polar surface area (TPSA) is 96.5 Å². The van der Waals surface area contributed by atoms with Crippen molar-refractivity contribution in [2.45, 2.75) is 4.90 Å². The normalized spacial score (nSPS) is 11.1. The Bertz CT molecular complexity index is 545. The Kier molecular flexibility index (Phi) is 6.43. The van der Waals surface area contributed by atoms with E-state index in [1.165, 1.54) is 13.1 Å². The van der Waals surface area contributed by atoms with Gasteiger partial charge < -0.3 is 15.4 Å². The van der Waals surface area contributed by atoms with Crippen molar-refractivity contribution in [2.24, 2.45) is 0 Å². The summed E-state index contributed by atoms with van der Waals surface area (Å²) in [5, 5.41) is 5.44. The Morgan fingerprint density at radius 3 is 2.65 bits per heavy atom. The highest BCUT2D eigenvalue weighted by Gasteiger charge is 2.16. The maximum atomic E-state index is 11.8. The van der Waals surface area contributed by atoms with E-state index >= 15 is 0 Å². The van der Waals surface area contributed by atoms with E-state index in [-0.39, 0.29) is 17.3 Å². The van der Waals surface area contributed by atoms with Crippen LogP contribution in [-0.4, -0.2) is 48.2 Å². The molecule has 0 saturated carbocycles. The molecule has 0 atom stereocenters. The fourth-order valence-electron chi connectivity index (χ4n) is 1.49. The molecule has 1 amide bonds. The Balaban J connectivity index is 2.67. The van der Waals surface area contributed by atoms with Crippen molar-refractivity contribution < 1.29 is 17.9 Å². The zero-order valence-corrected chi connectivity index (χ0v) is 12.3. The Labute approximate surface area is 118 Å². The van der Waals surface area contributed by atoms with Crippen LogP contribution < -0.4 is 15.4 Å². The number of carbonyl (C=O) groups excluding carboxylic acids is 1. The smallest absolute Gasteiger partial charge is 0.242 e. The predicted octanol–water partition coefficient (Wildman–Crippen LogP) is -0.231. The number of para-hydroxylation sites is 1. The summed E-state index contributed by atoms with van der Waals surface area (Å²) in [6.45, 7) is 0.823. The zero-order valence-electron chi connectivity index (χ0n) is 11.5. The first-order valence-electron chi connectivity index (χ1n) is 6.03. The average Bonchev–Trinajstić information content (AvgIpc) is 2.45. The third-order valence-electron chi connectivity index (χ3n) is 2.51. The first-order chi connectivity index (χ1) is 9.51. The quantitative estimate of drug-likeness (QED) is 0.576. The first-order valence-corrected chi connectivity index (χ1v) is 7.51. The van der Waals surface area contributed by atoms with Crippen molar-refractivity contribution in [1.82, 2.24) is 10.0 Å². The number of carbonyl (C=O) groups is 1. The van der Waals surface area contributed by atoms with Crippen molar-refractivity contribution in [2.75, 3.05) is 39.2 Å². The molecular formula is C12H19N3O4S. The highest BCUT2D eigenvalue weighted by atomic mass is 32.2. The number of hydrogen-bond donors (Lipinski definition) is 3. The van der Waals surface area contributed by atoms with E-state index in [2.05, 4.69) is 15.4 Å². The molecule has 8 heteroatoms. The molecule has 0 heterocycles. The zero-order chi connectivity index (χ0) is 15.0. The Hall–Kier alpha value is -1.64. The highest BCUT2D eigenvalue weighted by molar-refractivity contribution is 7.89. The molecule has 0 unspecified atom stereocenters. The number of nitrogens with one attached hydrogen (secondary N) is 3. The number of ether oxygens (including phenoxy) is 1. The molecule has 1 aromatic carbocycles. The van der Waals surface area contributed by atoms with Gasteiger partial charge in [-0.05, 0) is 19.2 Å². The third-order valence-corrected chi connectivity index (χ3v) is 3.99. The lowest BCUT2D eigenvalue weighted by Gasteiger charge is -2.12. The molecule has 0 aliphatic carbocycles. The number of anilines is 1. The second-order valence-electron chi connectivity index (χ2n) is 3.90. The Morgan fingerprint density at radius 1 is 1.30 bits per heavy atom. The van der Waals surface area contributed by atoms with Crippen molar-refractivity contribution in [3.63, 3.8) is 0 Å². The summed E-state index contributed by atoms with van der Waals surface area (Å²) in [6, 6.07) is 6.39. The van der Waals surface area contributed by atoms with E-state index in [9.17, 15) is 13.2 Å². The predicted molar refractivity (Wildman–Crippen MR) is 76.1 cm³/mol. The van der Waals surface area contributed by atoms with Gasteiger partial charge in [0.2, 0.25) is 15.9 Å². The van der Waals surface area contributed by atoms with E-state index in [4.69, 9.17) is 4.74 Å². The van der Waals surface area contributed by atoms with Crippen LogP contribution in [0, 0.1) is 0 Å². The van der Waals surface area contributed by atoms with Gasteiger partial charge in [-0.3, -0.25) is 4.79 Å². The molecule has 0 aliphatic rings. The first kappa shape index (κ1) is 16.4. The van der Waals surface area contributed by atoms with E-state index in [1.807, 2.05) is 0 Å². The number of hydrogen-bond acceptors (Lipinski definition) is 5. The van der Waals surface area contributed by atoms with Gasteiger partial charge in [0.05, 0.1) is 18.8 Å². The Morgan fingerprint density at radius 2 is 2.00 bits per heavy atom. The summed E-state index contributed by atoms with van der Waals surface area (Å²) in [7, 11) is -0.680. The van der Waals surface area contributed by atoms with Crippen molar-refractivity contribution in [1.29, 1.82) is 0 Å². The molecule has 0 saturated heterocycles. The third kappa shape index (κ3) is 4.80. The molecule has 0 fully saturated rings. The molecular weight excluding hydrogens is 282 g/mol. The van der Waals surface area contributed by atoms with E-state index in [1.54, 1.807) is 25.3 Å². The molecule has 7 nitrogen and oxygen atoms in total. The SMILES string of the molecule is CNS(=O)(=O)c1ccccc1NCC(=O)NCCOC. The fourth-order valence-corrected chi connectivity index (χ4v) is 2.39. The van der Waals surface area contributed by atoms with Gasteiger partial charge in [-0.1, -0.05) is 12.1 Å². The summed E-state index contributed by atoms with van der Waals surface area (Å²) >= 11 is 0. The average molecular weight is 301 g/mol. The van der Waals surface area contributed by atoms with Gasteiger partial charge in [0, 0.05) is 13.7 Å². The van der Waals surface area contributed by atoms with E-state index in [0.717, 1.165) is 0 Å². The van der Waals surface area contributed by atoms with Gasteiger partial charge >= 0.3 is 0 Å². The van der Waals surface area contributed by atoms with Crippen LogP contribution in [0.4, 0.5) is 5.69 Å². The van der Waals surface area contributed by atoms with Crippen LogP contribution >= 0.6 is 0 Å². The minimum Gasteiger partial charge on any atom is -0.383 e. The number of methoxy groups -OCH3 is 1. The summed E-state index contributed by atoms with van der Waals surface area (Å²) in [5.74, 6) is -0.237. The second-order valence-corrected chi connectivity index (χ2v) is 5.75. The van der Waals surface area contributed by atoms with Gasteiger partial charge in [0.15, 0.2) is 0 Å². The highest BCUT2D eigenvalue weighted by Crippen LogP contribution is 2.19. The standard InChI is InChI=1S/C12H19N3O4S/c1-13-20(17,18)11-6-4-3-5-10(11)15-9-12(16)14-7-8-19-2/h3-6,13,15H,7-9H2,1-2H3,(H,14,16). The summed E-state index contributed by atoms with van der Waals surface area (Å²) in [4.78, 5) is 11.6. The monoisotopic (exact) mass is 301 g/mol. The molecule has 3 N–H and O–H groups in total. The molecule has 0 bridgehead atoms. The molecule has 20 heavy (non-hydrogen) atoms. The van der Waals surface area contributed by atoms with Crippen LogP contribution in [0.15, 0.2) is 29.2 Å². The largest absolute Gasteiger partial charge is 0.383 e. The maximum absolute atomic E-state index is 11.8. The summed E-state index contributed by atoms with van der Waals surface area (Å²) in [6.07, 6.45) is 0. The van der Waals surface area contributed by atoms with Gasteiger partial charge in [-0.2, -0.15) is 0 Å². The lowest BCUT2D eigenvalue weighted by molar-refractivity contribution is -0.119. The second kappa shape index (κ2) is 7.83. The van der Waals surface area contributed by atoms with Crippen LogP contribution in [0.1, 0.15) is 0 Å². The van der Waals surface area contributed by atoms with Gasteiger partial charge in [-0.25, -0.2) is 13.1 Å². The number of sulfonamides is 1. The number of benzene rings is 1. The number of rotatable bonds is 8. The molecule has 112 valence electrons. The molecule has 1 aromatic rings. The molecule has 0 aromatic heterocycles. The van der Waals surface area contributed by atoms with Crippen LogP contribution in [0.5, 0.6) is 0 Å². The fraction of sp³-hybridized carbons (Fsp3) is 0.417. The van der Waals surface area contributed by atoms with Crippen molar-refractivity contribution in [3.8, 4) is 0 Å². The molecule has 0 aliphatic heterocycles. The van der Waals surface area contributed by atoms with E-state index < -0.39 is 10.0 Å². The van der Waals surface area contributed by atoms with Gasteiger partial charge in [-0.15, -0.1) is 0 Å². The van der Waals surface area contributed by atoms with Crippen molar-refractivity contribution in [3.05, 3.63) is 24.3 Å². The minimum absolute atomic E-state index is 0.0139. The molecule has 0 radical (unpaired) electrons. The molecule has 0 spiro atoms. The van der Waals surface area contributed by atoms with E-state index in [0.29, 0.717) is 18.8 Å². The number of amides is 1. The minimum atomic E-state index is -3.56. The maximum Gasteiger partial charge on any atom is 0.242 e. The summed E-state index contributed by atoms with van der Waals surface area (Å²) < 4.78 is 30.7. The molecule has 1 rings (SSSR count). The lowest BCUT2D eigenvalue weighted by Crippen LogP contribution is -2.32. The van der Waals surface area contributed by atoms with Crippen molar-refractivity contribution >= 4 is 21.6 Å². The lowest BCUT2D eigenvalue weighted by atomic mass is 10.3. The van der Waals surface area contributed by atoms with Crippen LogP contribution in [0.25, 0.3) is 0 Å².